The lowest BCUT2D eigenvalue weighted by atomic mass is 10.0. The molecule has 162 valence electrons. The van der Waals surface area contributed by atoms with Gasteiger partial charge in [-0.15, -0.1) is 0 Å². The van der Waals surface area contributed by atoms with E-state index < -0.39 is 60.1 Å². The zero-order valence-electron chi connectivity index (χ0n) is 16.8. The van der Waals surface area contributed by atoms with Gasteiger partial charge in [0.15, 0.2) is 6.04 Å². The first-order valence-electron chi connectivity index (χ1n) is 9.03. The van der Waals surface area contributed by atoms with Crippen molar-refractivity contribution in [1.29, 1.82) is 0 Å². The van der Waals surface area contributed by atoms with E-state index in [-0.39, 0.29) is 5.92 Å². The molecule has 11 nitrogen and oxygen atoms in total. The minimum atomic E-state index is -1.61. The highest BCUT2D eigenvalue weighted by atomic mass is 16.4. The van der Waals surface area contributed by atoms with Gasteiger partial charge in [-0.05, 0) is 33.1 Å². The molecule has 0 spiro atoms. The Kier molecular flexibility index (Phi) is 10.6. The maximum absolute atomic E-state index is 12.3. The van der Waals surface area contributed by atoms with Crippen LogP contribution in [-0.4, -0.2) is 75.4 Å². The zero-order valence-corrected chi connectivity index (χ0v) is 16.8. The standard InChI is InChI=1S/C17H32N4O7/c1-7(2)6-11(18)15(25)19-8(3)14(24)20-12(9(4)22)16(26)21-13(10(5)23)17(27)28/h7-13,22-23H,6,18H2,1-5H3,(H,19,25)(H,20,24)(H,21,26)(H,27,28). The third-order valence-corrected chi connectivity index (χ3v) is 3.92. The van der Waals surface area contributed by atoms with Crippen molar-refractivity contribution in [3.8, 4) is 0 Å². The van der Waals surface area contributed by atoms with Crippen LogP contribution in [0, 0.1) is 5.92 Å². The van der Waals surface area contributed by atoms with Gasteiger partial charge >= 0.3 is 5.97 Å². The number of carboxylic acids is 1. The molecule has 0 aromatic heterocycles. The Morgan fingerprint density at radius 2 is 1.25 bits per heavy atom. The first-order valence-corrected chi connectivity index (χ1v) is 9.03. The summed E-state index contributed by atoms with van der Waals surface area (Å²) in [6, 6.07) is -4.95. The van der Waals surface area contributed by atoms with Crippen LogP contribution < -0.4 is 21.7 Å². The van der Waals surface area contributed by atoms with Gasteiger partial charge in [-0.25, -0.2) is 4.79 Å². The third-order valence-electron chi connectivity index (χ3n) is 3.92. The second-order valence-electron chi connectivity index (χ2n) is 7.26. The normalized spacial score (nSPS) is 17.6. The Hall–Kier alpha value is -2.24. The van der Waals surface area contributed by atoms with Gasteiger partial charge in [-0.1, -0.05) is 13.8 Å². The fourth-order valence-corrected chi connectivity index (χ4v) is 2.32. The number of carbonyl (C=O) groups excluding carboxylic acids is 3. The van der Waals surface area contributed by atoms with Gasteiger partial charge in [0.05, 0.1) is 18.2 Å². The van der Waals surface area contributed by atoms with E-state index in [2.05, 4.69) is 16.0 Å². The van der Waals surface area contributed by atoms with Crippen LogP contribution in [0.3, 0.4) is 0 Å². The van der Waals surface area contributed by atoms with E-state index in [0.717, 1.165) is 0 Å². The predicted molar refractivity (Wildman–Crippen MR) is 99.9 cm³/mol. The lowest BCUT2D eigenvalue weighted by molar-refractivity contribution is -0.146. The van der Waals surface area contributed by atoms with Crippen molar-refractivity contribution >= 4 is 23.7 Å². The second kappa shape index (κ2) is 11.6. The quantitative estimate of drug-likeness (QED) is 0.199. The number of hydrogen-bond acceptors (Lipinski definition) is 7. The van der Waals surface area contributed by atoms with E-state index in [0.29, 0.717) is 6.42 Å². The molecule has 0 aliphatic heterocycles. The fraction of sp³-hybridized carbons (Fsp3) is 0.765. The minimum Gasteiger partial charge on any atom is -0.480 e. The van der Waals surface area contributed by atoms with Crippen molar-refractivity contribution in [3.63, 3.8) is 0 Å². The van der Waals surface area contributed by atoms with Gasteiger partial charge in [0.2, 0.25) is 17.7 Å². The van der Waals surface area contributed by atoms with E-state index >= 15 is 0 Å². The van der Waals surface area contributed by atoms with Crippen molar-refractivity contribution in [2.45, 2.75) is 77.4 Å². The van der Waals surface area contributed by atoms with Crippen molar-refractivity contribution in [2.75, 3.05) is 0 Å². The molecule has 0 radical (unpaired) electrons. The molecule has 0 saturated heterocycles. The molecule has 0 heterocycles. The first kappa shape index (κ1) is 25.8. The summed E-state index contributed by atoms with van der Waals surface area (Å²) in [6.07, 6.45) is -2.33. The van der Waals surface area contributed by atoms with Crippen LogP contribution in [0.25, 0.3) is 0 Å². The van der Waals surface area contributed by atoms with Gasteiger partial charge < -0.3 is 37.0 Å². The molecule has 0 aliphatic carbocycles. The Balaban J connectivity index is 4.99. The lowest BCUT2D eigenvalue weighted by Crippen LogP contribution is -2.60. The van der Waals surface area contributed by atoms with Crippen LogP contribution in [0.5, 0.6) is 0 Å². The predicted octanol–water partition coefficient (Wildman–Crippen LogP) is -2.32. The molecule has 6 unspecified atom stereocenters. The van der Waals surface area contributed by atoms with E-state index in [4.69, 9.17) is 10.8 Å². The summed E-state index contributed by atoms with van der Waals surface area (Å²) in [6.45, 7) is 7.57. The van der Waals surface area contributed by atoms with Crippen molar-refractivity contribution in [1.82, 2.24) is 16.0 Å². The summed E-state index contributed by atoms with van der Waals surface area (Å²) in [5, 5.41) is 34.9. The highest BCUT2D eigenvalue weighted by molar-refractivity contribution is 5.94. The summed E-state index contributed by atoms with van der Waals surface area (Å²) in [4.78, 5) is 47.6. The number of amides is 3. The highest BCUT2D eigenvalue weighted by Gasteiger charge is 2.33. The average Bonchev–Trinajstić information content (AvgIpc) is 2.55. The fourth-order valence-electron chi connectivity index (χ4n) is 2.32. The van der Waals surface area contributed by atoms with Crippen molar-refractivity contribution in [3.05, 3.63) is 0 Å². The van der Waals surface area contributed by atoms with Crippen molar-refractivity contribution < 1.29 is 34.5 Å². The van der Waals surface area contributed by atoms with Crippen LogP contribution in [0.2, 0.25) is 0 Å². The molecule has 8 N–H and O–H groups in total. The number of nitrogens with two attached hydrogens (primary N) is 1. The lowest BCUT2D eigenvalue weighted by Gasteiger charge is -2.26. The number of aliphatic hydroxyl groups is 2. The molecule has 11 heteroatoms. The molecule has 0 aromatic carbocycles. The smallest absolute Gasteiger partial charge is 0.328 e. The summed E-state index contributed by atoms with van der Waals surface area (Å²) in [5.41, 5.74) is 5.75. The van der Waals surface area contributed by atoms with Crippen molar-refractivity contribution in [2.24, 2.45) is 11.7 Å². The first-order chi connectivity index (χ1) is 12.8. The maximum Gasteiger partial charge on any atom is 0.328 e. The molecular formula is C17H32N4O7. The topological polar surface area (TPSA) is 191 Å². The Bertz CT molecular complexity index is 566. The van der Waals surface area contributed by atoms with Crippen LogP contribution in [0.4, 0.5) is 0 Å². The summed E-state index contributed by atoms with van der Waals surface area (Å²) in [7, 11) is 0. The molecule has 0 bridgehead atoms. The molecule has 0 aliphatic rings. The third kappa shape index (κ3) is 8.63. The highest BCUT2D eigenvalue weighted by Crippen LogP contribution is 2.03. The number of hydrogen-bond donors (Lipinski definition) is 7. The molecule has 0 rings (SSSR count). The van der Waals surface area contributed by atoms with E-state index in [1.165, 1.54) is 20.8 Å². The maximum atomic E-state index is 12.3. The number of rotatable bonds is 11. The SMILES string of the molecule is CC(C)CC(N)C(=O)NC(C)C(=O)NC(C(=O)NC(C(=O)O)C(C)O)C(C)O. The minimum absolute atomic E-state index is 0.185. The van der Waals surface area contributed by atoms with Gasteiger partial charge in [-0.3, -0.25) is 14.4 Å². The number of carboxylic acid groups (broad SMARTS) is 1. The molecule has 3 amide bonds. The Labute approximate surface area is 164 Å². The van der Waals surface area contributed by atoms with Crippen LogP contribution in [0.15, 0.2) is 0 Å². The average molecular weight is 404 g/mol. The van der Waals surface area contributed by atoms with Gasteiger partial charge in [0, 0.05) is 0 Å². The molecule has 0 saturated carbocycles. The van der Waals surface area contributed by atoms with Gasteiger partial charge in [-0.2, -0.15) is 0 Å². The molecular weight excluding hydrogens is 372 g/mol. The number of aliphatic hydroxyl groups excluding tert-OH is 2. The van der Waals surface area contributed by atoms with E-state index in [1.807, 2.05) is 13.8 Å². The number of nitrogens with one attached hydrogen (secondary N) is 3. The summed E-state index contributed by atoms with van der Waals surface area (Å²) in [5.74, 6) is -3.58. The monoisotopic (exact) mass is 404 g/mol. The molecule has 0 aromatic rings. The van der Waals surface area contributed by atoms with Crippen LogP contribution in [-0.2, 0) is 19.2 Å². The molecule has 28 heavy (non-hydrogen) atoms. The number of aliphatic carboxylic acids is 1. The Morgan fingerprint density at radius 3 is 1.64 bits per heavy atom. The van der Waals surface area contributed by atoms with Gasteiger partial charge in [0.25, 0.3) is 0 Å². The van der Waals surface area contributed by atoms with E-state index in [9.17, 15) is 29.4 Å². The zero-order chi connectivity index (χ0) is 22.2. The largest absolute Gasteiger partial charge is 0.480 e. The van der Waals surface area contributed by atoms with Gasteiger partial charge in [0.1, 0.15) is 12.1 Å². The second-order valence-corrected chi connectivity index (χ2v) is 7.26. The van der Waals surface area contributed by atoms with Crippen LogP contribution >= 0.6 is 0 Å². The molecule has 0 fully saturated rings. The number of carbonyl (C=O) groups is 4. The Morgan fingerprint density at radius 1 is 0.786 bits per heavy atom. The summed E-state index contributed by atoms with van der Waals surface area (Å²) < 4.78 is 0. The molecule has 6 atom stereocenters. The van der Waals surface area contributed by atoms with E-state index in [1.54, 1.807) is 0 Å². The summed E-state index contributed by atoms with van der Waals surface area (Å²) >= 11 is 0. The van der Waals surface area contributed by atoms with Crippen LogP contribution in [0.1, 0.15) is 41.0 Å².